The molecule has 0 saturated carbocycles. The Morgan fingerprint density at radius 3 is 3.21 bits per heavy atom. The highest BCUT2D eigenvalue weighted by atomic mass is 32.1. The first-order valence-electron chi connectivity index (χ1n) is 6.67. The van der Waals surface area contributed by atoms with Gasteiger partial charge in [0.25, 0.3) is 0 Å². The number of aliphatic hydroxyl groups excluding tert-OH is 1. The summed E-state index contributed by atoms with van der Waals surface area (Å²) >= 11 is 1.58. The van der Waals surface area contributed by atoms with E-state index in [1.54, 1.807) is 11.3 Å². The minimum Gasteiger partial charge on any atom is -0.390 e. The molecule has 1 saturated heterocycles. The van der Waals surface area contributed by atoms with E-state index in [2.05, 4.69) is 9.88 Å². The highest BCUT2D eigenvalue weighted by molar-refractivity contribution is 7.15. The Bertz CT molecular complexity index is 545. The van der Waals surface area contributed by atoms with Crippen LogP contribution in [0.4, 0.5) is 5.82 Å². The van der Waals surface area contributed by atoms with E-state index in [4.69, 9.17) is 4.74 Å². The zero-order valence-corrected chi connectivity index (χ0v) is 11.9. The second-order valence-electron chi connectivity index (χ2n) is 4.96. The smallest absolute Gasteiger partial charge is 0.195 e. The lowest BCUT2D eigenvalue weighted by Crippen LogP contribution is -2.34. The van der Waals surface area contributed by atoms with Crippen LogP contribution in [0.15, 0.2) is 11.6 Å². The second-order valence-corrected chi connectivity index (χ2v) is 5.84. The Labute approximate surface area is 116 Å². The van der Waals surface area contributed by atoms with Gasteiger partial charge in [-0.25, -0.2) is 4.98 Å². The summed E-state index contributed by atoms with van der Waals surface area (Å²) in [7, 11) is 2.02. The first kappa shape index (κ1) is 12.9. The third-order valence-corrected chi connectivity index (χ3v) is 4.36. The van der Waals surface area contributed by atoms with Crippen molar-refractivity contribution in [3.05, 3.63) is 17.3 Å². The number of imidazole rings is 1. The molecule has 19 heavy (non-hydrogen) atoms. The molecule has 1 aliphatic heterocycles. The van der Waals surface area contributed by atoms with Crippen LogP contribution in [-0.4, -0.2) is 40.8 Å². The molecule has 0 aliphatic carbocycles. The third kappa shape index (κ3) is 2.48. The lowest BCUT2D eigenvalue weighted by atomic mass is 10.1. The molecule has 1 N–H and O–H groups in total. The molecule has 3 rings (SSSR count). The fourth-order valence-electron chi connectivity index (χ4n) is 2.62. The first-order chi connectivity index (χ1) is 9.29. The van der Waals surface area contributed by atoms with Crippen molar-refractivity contribution in [3.8, 4) is 0 Å². The van der Waals surface area contributed by atoms with Crippen molar-refractivity contribution < 1.29 is 9.84 Å². The summed E-state index contributed by atoms with van der Waals surface area (Å²) < 4.78 is 7.72. The molecular weight excluding hydrogens is 262 g/mol. The van der Waals surface area contributed by atoms with Crippen LogP contribution in [0.5, 0.6) is 0 Å². The summed E-state index contributed by atoms with van der Waals surface area (Å²) in [6.07, 6.45) is 5.75. The zero-order chi connectivity index (χ0) is 13.2. The zero-order valence-electron chi connectivity index (χ0n) is 11.1. The molecule has 0 aromatic carbocycles. The molecule has 0 spiro atoms. The topological polar surface area (TPSA) is 50.0 Å². The van der Waals surface area contributed by atoms with Gasteiger partial charge in [-0.3, -0.25) is 4.40 Å². The molecule has 0 radical (unpaired) electrons. The molecule has 2 aromatic heterocycles. The molecule has 3 heterocycles. The number of ether oxygens (including phenoxy) is 1. The van der Waals surface area contributed by atoms with Crippen molar-refractivity contribution in [1.82, 2.24) is 9.38 Å². The number of nitrogens with zero attached hydrogens (tertiary/aromatic N) is 3. The fourth-order valence-corrected chi connectivity index (χ4v) is 3.35. The van der Waals surface area contributed by atoms with Crippen LogP contribution in [0.1, 0.15) is 25.0 Å². The molecule has 2 aromatic rings. The first-order valence-corrected chi connectivity index (χ1v) is 7.55. The number of rotatable bonds is 4. The molecule has 6 heteroatoms. The molecular formula is C13H19N3O2S. The van der Waals surface area contributed by atoms with Gasteiger partial charge in [-0.15, -0.1) is 11.3 Å². The number of likely N-dealkylation sites (N-methyl/N-ethyl adjacent to an activating group) is 1. The van der Waals surface area contributed by atoms with Gasteiger partial charge in [0.05, 0.1) is 18.4 Å². The Hall–Kier alpha value is -1.11. The number of fused-ring (bicyclic) bond motifs is 1. The van der Waals surface area contributed by atoms with Gasteiger partial charge in [0, 0.05) is 31.8 Å². The molecule has 1 aliphatic rings. The number of aliphatic hydroxyl groups is 1. The van der Waals surface area contributed by atoms with Gasteiger partial charge in [-0.2, -0.15) is 0 Å². The van der Waals surface area contributed by atoms with E-state index in [1.807, 2.05) is 23.0 Å². The lowest BCUT2D eigenvalue weighted by Gasteiger charge is -2.27. The van der Waals surface area contributed by atoms with Gasteiger partial charge in [-0.05, 0) is 19.3 Å². The van der Waals surface area contributed by atoms with Crippen molar-refractivity contribution in [2.24, 2.45) is 0 Å². The molecule has 0 bridgehead atoms. The number of hydrogen-bond acceptors (Lipinski definition) is 5. The highest BCUT2D eigenvalue weighted by Crippen LogP contribution is 2.25. The van der Waals surface area contributed by atoms with Gasteiger partial charge in [0.1, 0.15) is 0 Å². The largest absolute Gasteiger partial charge is 0.390 e. The van der Waals surface area contributed by atoms with Crippen LogP contribution >= 0.6 is 11.3 Å². The minimum atomic E-state index is 0.00307. The average Bonchev–Trinajstić information content (AvgIpc) is 2.99. The molecule has 0 amide bonds. The van der Waals surface area contributed by atoms with Crippen molar-refractivity contribution in [2.75, 3.05) is 25.1 Å². The number of anilines is 1. The molecule has 1 fully saturated rings. The monoisotopic (exact) mass is 281 g/mol. The number of hydrogen-bond donors (Lipinski definition) is 1. The maximum Gasteiger partial charge on any atom is 0.195 e. The van der Waals surface area contributed by atoms with E-state index >= 15 is 0 Å². The van der Waals surface area contributed by atoms with E-state index < -0.39 is 0 Å². The van der Waals surface area contributed by atoms with E-state index in [-0.39, 0.29) is 12.7 Å². The van der Waals surface area contributed by atoms with Crippen LogP contribution in [0, 0.1) is 0 Å². The van der Waals surface area contributed by atoms with Gasteiger partial charge in [0.15, 0.2) is 10.8 Å². The van der Waals surface area contributed by atoms with Gasteiger partial charge in [-0.1, -0.05) is 0 Å². The summed E-state index contributed by atoms with van der Waals surface area (Å²) in [4.78, 5) is 7.63. The minimum absolute atomic E-state index is 0.00307. The van der Waals surface area contributed by atoms with Crippen molar-refractivity contribution in [2.45, 2.75) is 32.0 Å². The molecule has 5 nitrogen and oxygen atoms in total. The SMILES string of the molecule is CN(CC1CCCCO1)c1nc2sccn2c1CO. The second kappa shape index (κ2) is 5.48. The summed E-state index contributed by atoms with van der Waals surface area (Å²) in [6.45, 7) is 1.70. The van der Waals surface area contributed by atoms with Gasteiger partial charge < -0.3 is 14.7 Å². The highest BCUT2D eigenvalue weighted by Gasteiger charge is 2.20. The predicted molar refractivity (Wildman–Crippen MR) is 75.9 cm³/mol. The van der Waals surface area contributed by atoms with Crippen molar-refractivity contribution in [3.63, 3.8) is 0 Å². The molecule has 1 unspecified atom stereocenters. The maximum atomic E-state index is 9.56. The summed E-state index contributed by atoms with van der Waals surface area (Å²) in [5.74, 6) is 0.864. The molecule has 104 valence electrons. The summed E-state index contributed by atoms with van der Waals surface area (Å²) in [5.41, 5.74) is 0.856. The quantitative estimate of drug-likeness (QED) is 0.930. The van der Waals surface area contributed by atoms with Crippen molar-refractivity contribution >= 4 is 22.1 Å². The van der Waals surface area contributed by atoms with Gasteiger partial charge in [0.2, 0.25) is 0 Å². The van der Waals surface area contributed by atoms with E-state index in [0.717, 1.165) is 36.0 Å². The van der Waals surface area contributed by atoms with Crippen LogP contribution < -0.4 is 4.90 Å². The Kier molecular flexibility index (Phi) is 3.72. The average molecular weight is 281 g/mol. The summed E-state index contributed by atoms with van der Waals surface area (Å²) in [6, 6.07) is 0. The van der Waals surface area contributed by atoms with Crippen LogP contribution in [-0.2, 0) is 11.3 Å². The van der Waals surface area contributed by atoms with Gasteiger partial charge >= 0.3 is 0 Å². The maximum absolute atomic E-state index is 9.56. The Morgan fingerprint density at radius 2 is 2.47 bits per heavy atom. The van der Waals surface area contributed by atoms with E-state index in [0.29, 0.717) is 0 Å². The molecule has 1 atom stereocenters. The summed E-state index contributed by atoms with van der Waals surface area (Å²) in [5, 5.41) is 11.5. The van der Waals surface area contributed by atoms with E-state index in [1.165, 1.54) is 12.8 Å². The Balaban J connectivity index is 1.79. The third-order valence-electron chi connectivity index (χ3n) is 3.60. The van der Waals surface area contributed by atoms with Crippen LogP contribution in [0.25, 0.3) is 4.96 Å². The van der Waals surface area contributed by atoms with Crippen LogP contribution in [0.2, 0.25) is 0 Å². The number of thiazole rings is 1. The Morgan fingerprint density at radius 1 is 1.58 bits per heavy atom. The normalized spacial score (nSPS) is 20.0. The van der Waals surface area contributed by atoms with Crippen LogP contribution in [0.3, 0.4) is 0 Å². The van der Waals surface area contributed by atoms with E-state index in [9.17, 15) is 5.11 Å². The fraction of sp³-hybridized carbons (Fsp3) is 0.615. The lowest BCUT2D eigenvalue weighted by molar-refractivity contribution is 0.0215. The number of aromatic nitrogens is 2. The standard InChI is InChI=1S/C13H19N3O2S/c1-15(8-10-4-2-3-6-18-10)12-11(9-17)16-5-7-19-13(16)14-12/h5,7,10,17H,2-4,6,8-9H2,1H3. The van der Waals surface area contributed by atoms with Crippen molar-refractivity contribution in [1.29, 1.82) is 0 Å². The predicted octanol–water partition coefficient (Wildman–Crippen LogP) is 1.89.